The average Bonchev–Trinajstić information content (AvgIpc) is 2.28. The molecule has 0 fully saturated rings. The fourth-order valence-electron chi connectivity index (χ4n) is 1.55. The number of carboxylic acid groups (broad SMARTS) is 1. The molecule has 1 amide bonds. The van der Waals surface area contributed by atoms with Crippen molar-refractivity contribution in [1.29, 1.82) is 0 Å². The zero-order valence-electron chi connectivity index (χ0n) is 10.3. The Morgan fingerprint density at radius 2 is 2.00 bits per heavy atom. The Kier molecular flexibility index (Phi) is 5.17. The molecule has 0 aliphatic carbocycles. The van der Waals surface area contributed by atoms with Gasteiger partial charge in [-0.05, 0) is 18.6 Å². The molecule has 0 aliphatic heterocycles. The van der Waals surface area contributed by atoms with Gasteiger partial charge in [0, 0.05) is 18.2 Å². The van der Waals surface area contributed by atoms with Crippen LogP contribution in [0.5, 0.6) is 5.75 Å². The number of carbonyl (C=O) groups is 2. The van der Waals surface area contributed by atoms with E-state index in [1.54, 1.807) is 0 Å². The van der Waals surface area contributed by atoms with Crippen LogP contribution in [0.4, 0.5) is 5.69 Å². The van der Waals surface area contributed by atoms with E-state index < -0.39 is 5.97 Å². The zero-order valence-corrected chi connectivity index (χ0v) is 10.3. The molecule has 0 aliphatic rings. The first-order valence-electron chi connectivity index (χ1n) is 5.90. The Hall–Kier alpha value is -2.04. The number of nitrogens with one attached hydrogen (secondary N) is 1. The highest BCUT2D eigenvalue weighted by Crippen LogP contribution is 2.22. The van der Waals surface area contributed by atoms with Gasteiger partial charge in [-0.3, -0.25) is 4.79 Å². The van der Waals surface area contributed by atoms with E-state index >= 15 is 0 Å². The number of benzene rings is 1. The highest BCUT2D eigenvalue weighted by Gasteiger charge is 2.10. The minimum Gasteiger partial charge on any atom is -0.507 e. The molecule has 0 saturated carbocycles. The van der Waals surface area contributed by atoms with Crippen LogP contribution in [-0.2, 0) is 4.79 Å². The second kappa shape index (κ2) is 6.64. The lowest BCUT2D eigenvalue weighted by atomic mass is 10.1. The molecule has 0 spiro atoms. The Labute approximate surface area is 105 Å². The molecule has 0 unspecified atom stereocenters. The SMILES string of the molecule is CCCCCC(=O)Nc1ccc(C(=O)O)c(O)c1. The van der Waals surface area contributed by atoms with Gasteiger partial charge in [0.15, 0.2) is 0 Å². The van der Waals surface area contributed by atoms with Crippen LogP contribution in [0.3, 0.4) is 0 Å². The normalized spacial score (nSPS) is 10.1. The van der Waals surface area contributed by atoms with Gasteiger partial charge in [0.25, 0.3) is 0 Å². The topological polar surface area (TPSA) is 86.6 Å². The Bertz CT molecular complexity index is 443. The quantitative estimate of drug-likeness (QED) is 0.678. The fraction of sp³-hybridized carbons (Fsp3) is 0.385. The summed E-state index contributed by atoms with van der Waals surface area (Å²) < 4.78 is 0. The smallest absolute Gasteiger partial charge is 0.339 e. The number of phenols is 1. The lowest BCUT2D eigenvalue weighted by molar-refractivity contribution is -0.116. The van der Waals surface area contributed by atoms with Gasteiger partial charge < -0.3 is 15.5 Å². The van der Waals surface area contributed by atoms with Crippen molar-refractivity contribution in [2.24, 2.45) is 0 Å². The molecule has 1 aromatic rings. The lowest BCUT2D eigenvalue weighted by Gasteiger charge is -2.06. The number of hydrogen-bond acceptors (Lipinski definition) is 3. The minimum atomic E-state index is -1.20. The summed E-state index contributed by atoms with van der Waals surface area (Å²) in [5.41, 5.74) is 0.220. The molecule has 0 radical (unpaired) electrons. The second-order valence-corrected chi connectivity index (χ2v) is 4.04. The van der Waals surface area contributed by atoms with Crippen LogP contribution in [0, 0.1) is 0 Å². The predicted molar refractivity (Wildman–Crippen MR) is 67.8 cm³/mol. The summed E-state index contributed by atoms with van der Waals surface area (Å²) in [6.45, 7) is 2.06. The first kappa shape index (κ1) is 14.0. The number of hydrogen-bond donors (Lipinski definition) is 3. The summed E-state index contributed by atoms with van der Waals surface area (Å²) in [5.74, 6) is -1.69. The number of unbranched alkanes of at least 4 members (excludes halogenated alkanes) is 2. The van der Waals surface area contributed by atoms with E-state index in [0.717, 1.165) is 19.3 Å². The van der Waals surface area contributed by atoms with Gasteiger partial charge in [0.1, 0.15) is 11.3 Å². The third-order valence-corrected chi connectivity index (χ3v) is 2.52. The molecule has 0 heterocycles. The van der Waals surface area contributed by atoms with E-state index in [4.69, 9.17) is 5.11 Å². The highest BCUT2D eigenvalue weighted by atomic mass is 16.4. The number of carboxylic acids is 1. The van der Waals surface area contributed by atoms with Crippen LogP contribution in [0.1, 0.15) is 43.0 Å². The number of carbonyl (C=O) groups excluding carboxylic acids is 1. The molecule has 0 aromatic heterocycles. The van der Waals surface area contributed by atoms with Crippen molar-refractivity contribution in [2.75, 3.05) is 5.32 Å². The predicted octanol–water partition coefficient (Wildman–Crippen LogP) is 2.61. The van der Waals surface area contributed by atoms with E-state index in [2.05, 4.69) is 12.2 Å². The fourth-order valence-corrected chi connectivity index (χ4v) is 1.55. The molecule has 18 heavy (non-hydrogen) atoms. The first-order valence-corrected chi connectivity index (χ1v) is 5.90. The molecule has 5 heteroatoms. The van der Waals surface area contributed by atoms with E-state index in [9.17, 15) is 14.7 Å². The van der Waals surface area contributed by atoms with Gasteiger partial charge in [0.2, 0.25) is 5.91 Å². The van der Waals surface area contributed by atoms with Crippen LogP contribution in [-0.4, -0.2) is 22.1 Å². The van der Waals surface area contributed by atoms with Crippen LogP contribution >= 0.6 is 0 Å². The van der Waals surface area contributed by atoms with Gasteiger partial charge in [0.05, 0.1) is 0 Å². The van der Waals surface area contributed by atoms with Crippen molar-refractivity contribution < 1.29 is 19.8 Å². The maximum atomic E-state index is 11.5. The Morgan fingerprint density at radius 3 is 2.56 bits per heavy atom. The molecule has 0 atom stereocenters. The number of aromatic hydroxyl groups is 1. The van der Waals surface area contributed by atoms with Gasteiger partial charge in [-0.25, -0.2) is 4.79 Å². The van der Waals surface area contributed by atoms with Crippen LogP contribution in [0.2, 0.25) is 0 Å². The molecular weight excluding hydrogens is 234 g/mol. The van der Waals surface area contributed by atoms with Gasteiger partial charge in [-0.15, -0.1) is 0 Å². The maximum absolute atomic E-state index is 11.5. The van der Waals surface area contributed by atoms with E-state index in [1.807, 2.05) is 0 Å². The minimum absolute atomic E-state index is 0.133. The molecule has 0 saturated heterocycles. The number of amides is 1. The molecule has 1 rings (SSSR count). The van der Waals surface area contributed by atoms with Crippen molar-refractivity contribution in [1.82, 2.24) is 0 Å². The average molecular weight is 251 g/mol. The summed E-state index contributed by atoms with van der Waals surface area (Å²) in [7, 11) is 0. The van der Waals surface area contributed by atoms with Crippen molar-refractivity contribution >= 4 is 17.6 Å². The third-order valence-electron chi connectivity index (χ3n) is 2.52. The van der Waals surface area contributed by atoms with Crippen LogP contribution in [0.15, 0.2) is 18.2 Å². The molecular formula is C13H17NO4. The number of aromatic carboxylic acids is 1. The largest absolute Gasteiger partial charge is 0.507 e. The van der Waals surface area contributed by atoms with Crippen molar-refractivity contribution in [2.45, 2.75) is 32.6 Å². The zero-order chi connectivity index (χ0) is 13.5. The summed E-state index contributed by atoms with van der Waals surface area (Å²) in [5, 5.41) is 20.8. The van der Waals surface area contributed by atoms with Gasteiger partial charge in [-0.1, -0.05) is 19.8 Å². The first-order chi connectivity index (χ1) is 8.54. The monoisotopic (exact) mass is 251 g/mol. The Morgan fingerprint density at radius 1 is 1.28 bits per heavy atom. The molecule has 0 bridgehead atoms. The standard InChI is InChI=1S/C13H17NO4/c1-2-3-4-5-12(16)14-9-6-7-10(13(17)18)11(15)8-9/h6-8,15H,2-5H2,1H3,(H,14,16)(H,17,18). The van der Waals surface area contributed by atoms with Gasteiger partial charge in [-0.2, -0.15) is 0 Å². The van der Waals surface area contributed by atoms with Crippen molar-refractivity contribution in [3.05, 3.63) is 23.8 Å². The van der Waals surface area contributed by atoms with Crippen molar-refractivity contribution in [3.63, 3.8) is 0 Å². The van der Waals surface area contributed by atoms with Crippen molar-refractivity contribution in [3.8, 4) is 5.75 Å². The highest BCUT2D eigenvalue weighted by molar-refractivity contribution is 5.94. The summed E-state index contributed by atoms with van der Waals surface area (Å²) in [6.07, 6.45) is 3.29. The summed E-state index contributed by atoms with van der Waals surface area (Å²) in [4.78, 5) is 22.2. The Balaban J connectivity index is 2.60. The van der Waals surface area contributed by atoms with E-state index in [0.29, 0.717) is 12.1 Å². The summed E-state index contributed by atoms with van der Waals surface area (Å²) >= 11 is 0. The van der Waals surface area contributed by atoms with Gasteiger partial charge >= 0.3 is 5.97 Å². The number of anilines is 1. The second-order valence-electron chi connectivity index (χ2n) is 4.04. The van der Waals surface area contributed by atoms with E-state index in [-0.39, 0.29) is 17.2 Å². The molecule has 5 nitrogen and oxygen atoms in total. The number of rotatable bonds is 6. The van der Waals surface area contributed by atoms with E-state index in [1.165, 1.54) is 18.2 Å². The molecule has 3 N–H and O–H groups in total. The van der Waals surface area contributed by atoms with Crippen LogP contribution in [0.25, 0.3) is 0 Å². The van der Waals surface area contributed by atoms with Crippen LogP contribution < -0.4 is 5.32 Å². The third kappa shape index (κ3) is 4.08. The summed E-state index contributed by atoms with van der Waals surface area (Å²) in [6, 6.07) is 3.96. The lowest BCUT2D eigenvalue weighted by Crippen LogP contribution is -2.11. The molecule has 98 valence electrons. The molecule has 1 aromatic carbocycles. The maximum Gasteiger partial charge on any atom is 0.339 e.